The second-order valence-electron chi connectivity index (χ2n) is 5.27. The quantitative estimate of drug-likeness (QED) is 0.251. The maximum absolute atomic E-state index is 11.7. The number of benzene rings is 1. The van der Waals surface area contributed by atoms with Gasteiger partial charge < -0.3 is 25.0 Å². The number of ether oxygens (including phenoxy) is 2. The molecule has 7 nitrogen and oxygen atoms in total. The zero-order valence-electron chi connectivity index (χ0n) is 15.4. The minimum absolute atomic E-state index is 0. The third-order valence-electron chi connectivity index (χ3n) is 3.18. The number of nitrogens with zero attached hydrogens (tertiary/aromatic N) is 2. The SMILES string of the molecule is CCOc1ccccc1CN=C(NCCOC)NCC(=O)N(C)C.I. The maximum Gasteiger partial charge on any atom is 0.241 e. The summed E-state index contributed by atoms with van der Waals surface area (Å²) < 4.78 is 10.6. The number of hydrogen-bond acceptors (Lipinski definition) is 4. The fourth-order valence-electron chi connectivity index (χ4n) is 1.86. The van der Waals surface area contributed by atoms with E-state index in [1.54, 1.807) is 21.2 Å². The highest BCUT2D eigenvalue weighted by molar-refractivity contribution is 14.0. The van der Waals surface area contributed by atoms with Crippen molar-refractivity contribution in [3.05, 3.63) is 29.8 Å². The molecule has 0 spiro atoms. The molecule has 0 heterocycles. The smallest absolute Gasteiger partial charge is 0.241 e. The van der Waals surface area contributed by atoms with E-state index in [0.29, 0.717) is 32.3 Å². The molecule has 25 heavy (non-hydrogen) atoms. The van der Waals surface area contributed by atoms with Gasteiger partial charge in [-0.15, -0.1) is 24.0 Å². The molecule has 0 fully saturated rings. The number of halogens is 1. The number of aliphatic imine (C=N–C) groups is 1. The highest BCUT2D eigenvalue weighted by Crippen LogP contribution is 2.18. The van der Waals surface area contributed by atoms with Crippen molar-refractivity contribution in [3.63, 3.8) is 0 Å². The normalized spacial score (nSPS) is 10.6. The van der Waals surface area contributed by atoms with Crippen LogP contribution in [0, 0.1) is 0 Å². The predicted molar refractivity (Wildman–Crippen MR) is 111 cm³/mol. The molecule has 142 valence electrons. The molecule has 1 amide bonds. The molecule has 2 N–H and O–H groups in total. The van der Waals surface area contributed by atoms with Crippen molar-refractivity contribution in [1.82, 2.24) is 15.5 Å². The molecule has 1 rings (SSSR count). The van der Waals surface area contributed by atoms with Gasteiger partial charge in [-0.05, 0) is 13.0 Å². The molecule has 1 aromatic carbocycles. The summed E-state index contributed by atoms with van der Waals surface area (Å²) in [6, 6.07) is 7.79. The second kappa shape index (κ2) is 13.7. The number of para-hydroxylation sites is 1. The number of nitrogens with one attached hydrogen (secondary N) is 2. The Bertz CT molecular complexity index is 538. The molecule has 0 unspecified atom stereocenters. The fourth-order valence-corrected chi connectivity index (χ4v) is 1.86. The van der Waals surface area contributed by atoms with Crippen LogP contribution >= 0.6 is 24.0 Å². The van der Waals surface area contributed by atoms with Crippen molar-refractivity contribution < 1.29 is 14.3 Å². The molecule has 0 aliphatic heterocycles. The first kappa shape index (κ1) is 23.4. The van der Waals surface area contributed by atoms with Crippen LogP contribution in [0.2, 0.25) is 0 Å². The van der Waals surface area contributed by atoms with Crippen molar-refractivity contribution >= 4 is 35.8 Å². The van der Waals surface area contributed by atoms with Gasteiger partial charge in [-0.2, -0.15) is 0 Å². The van der Waals surface area contributed by atoms with Gasteiger partial charge in [0, 0.05) is 33.3 Å². The van der Waals surface area contributed by atoms with Crippen molar-refractivity contribution in [2.24, 2.45) is 4.99 Å². The number of methoxy groups -OCH3 is 1. The first-order chi connectivity index (χ1) is 11.6. The van der Waals surface area contributed by atoms with Crippen molar-refractivity contribution in [3.8, 4) is 5.75 Å². The molecular formula is C17H29IN4O3. The van der Waals surface area contributed by atoms with Crippen LogP contribution in [-0.4, -0.2) is 64.3 Å². The van der Waals surface area contributed by atoms with Crippen molar-refractivity contribution in [1.29, 1.82) is 0 Å². The van der Waals surface area contributed by atoms with Crippen LogP contribution < -0.4 is 15.4 Å². The van der Waals surface area contributed by atoms with Gasteiger partial charge in [-0.1, -0.05) is 18.2 Å². The van der Waals surface area contributed by atoms with E-state index < -0.39 is 0 Å². The summed E-state index contributed by atoms with van der Waals surface area (Å²) in [5.74, 6) is 1.36. The lowest BCUT2D eigenvalue weighted by Gasteiger charge is -2.15. The van der Waals surface area contributed by atoms with E-state index in [0.717, 1.165) is 11.3 Å². The van der Waals surface area contributed by atoms with Crippen LogP contribution in [0.3, 0.4) is 0 Å². The van der Waals surface area contributed by atoms with Crippen LogP contribution in [0.5, 0.6) is 5.75 Å². The molecule has 8 heteroatoms. The Kier molecular flexibility index (Phi) is 12.9. The van der Waals surface area contributed by atoms with Gasteiger partial charge in [0.1, 0.15) is 5.75 Å². The Balaban J connectivity index is 0.00000576. The number of likely N-dealkylation sites (N-methyl/N-ethyl adjacent to an activating group) is 1. The Morgan fingerprint density at radius 1 is 1.24 bits per heavy atom. The molecule has 0 atom stereocenters. The average Bonchev–Trinajstić information content (AvgIpc) is 2.58. The number of carbonyl (C=O) groups is 1. The van der Waals surface area contributed by atoms with E-state index in [9.17, 15) is 4.79 Å². The molecular weight excluding hydrogens is 435 g/mol. The second-order valence-corrected chi connectivity index (χ2v) is 5.27. The highest BCUT2D eigenvalue weighted by atomic mass is 127. The van der Waals surface area contributed by atoms with Gasteiger partial charge in [-0.25, -0.2) is 4.99 Å². The van der Waals surface area contributed by atoms with Gasteiger partial charge in [0.05, 0.1) is 26.3 Å². The molecule has 1 aromatic rings. The van der Waals surface area contributed by atoms with Gasteiger partial charge in [0.25, 0.3) is 0 Å². The maximum atomic E-state index is 11.7. The summed E-state index contributed by atoms with van der Waals surface area (Å²) in [6.07, 6.45) is 0. The highest BCUT2D eigenvalue weighted by Gasteiger charge is 2.07. The van der Waals surface area contributed by atoms with Crippen LogP contribution in [-0.2, 0) is 16.1 Å². The number of guanidine groups is 1. The summed E-state index contributed by atoms with van der Waals surface area (Å²) in [5, 5.41) is 6.17. The Labute approximate surface area is 167 Å². The van der Waals surface area contributed by atoms with E-state index in [4.69, 9.17) is 9.47 Å². The van der Waals surface area contributed by atoms with E-state index >= 15 is 0 Å². The monoisotopic (exact) mass is 464 g/mol. The van der Waals surface area contributed by atoms with Crippen LogP contribution in [0.4, 0.5) is 0 Å². The van der Waals surface area contributed by atoms with Gasteiger partial charge in [0.2, 0.25) is 5.91 Å². The lowest BCUT2D eigenvalue weighted by Crippen LogP contribution is -2.43. The Morgan fingerprint density at radius 2 is 1.96 bits per heavy atom. The van der Waals surface area contributed by atoms with E-state index in [1.165, 1.54) is 4.90 Å². The topological polar surface area (TPSA) is 75.2 Å². The molecule has 0 aliphatic carbocycles. The number of hydrogen-bond donors (Lipinski definition) is 2. The lowest BCUT2D eigenvalue weighted by molar-refractivity contribution is -0.127. The molecule has 0 saturated carbocycles. The van der Waals surface area contributed by atoms with Gasteiger partial charge in [-0.3, -0.25) is 4.79 Å². The number of carbonyl (C=O) groups excluding carboxylic acids is 1. The Hall–Kier alpha value is -1.55. The molecule has 0 aliphatic rings. The van der Waals surface area contributed by atoms with Crippen LogP contribution in [0.15, 0.2) is 29.3 Å². The van der Waals surface area contributed by atoms with Crippen LogP contribution in [0.25, 0.3) is 0 Å². The summed E-state index contributed by atoms with van der Waals surface area (Å²) in [4.78, 5) is 17.8. The molecule has 0 aromatic heterocycles. The van der Waals surface area contributed by atoms with Crippen molar-refractivity contribution in [2.75, 3.05) is 47.5 Å². The third kappa shape index (κ3) is 9.49. The zero-order valence-corrected chi connectivity index (χ0v) is 17.7. The van der Waals surface area contributed by atoms with E-state index in [2.05, 4.69) is 15.6 Å². The number of amides is 1. The predicted octanol–water partition coefficient (Wildman–Crippen LogP) is 1.47. The molecule has 0 radical (unpaired) electrons. The summed E-state index contributed by atoms with van der Waals surface area (Å²) in [5.41, 5.74) is 0.992. The van der Waals surface area contributed by atoms with Crippen molar-refractivity contribution in [2.45, 2.75) is 13.5 Å². The van der Waals surface area contributed by atoms with Gasteiger partial charge in [0.15, 0.2) is 5.96 Å². The summed E-state index contributed by atoms with van der Waals surface area (Å²) in [6.45, 7) is 4.35. The van der Waals surface area contributed by atoms with E-state index in [-0.39, 0.29) is 36.4 Å². The third-order valence-corrected chi connectivity index (χ3v) is 3.18. The lowest BCUT2D eigenvalue weighted by atomic mass is 10.2. The molecule has 0 bridgehead atoms. The number of rotatable bonds is 9. The van der Waals surface area contributed by atoms with E-state index in [1.807, 2.05) is 31.2 Å². The minimum Gasteiger partial charge on any atom is -0.494 e. The summed E-state index contributed by atoms with van der Waals surface area (Å²) >= 11 is 0. The standard InChI is InChI=1S/C17H28N4O3.HI/c1-5-24-15-9-7-6-8-14(15)12-19-17(18-10-11-23-4)20-13-16(22)21(2)3;/h6-9H,5,10-13H2,1-4H3,(H2,18,19,20);1H. The molecule has 0 saturated heterocycles. The first-order valence-corrected chi connectivity index (χ1v) is 8.00. The first-order valence-electron chi connectivity index (χ1n) is 8.00. The average molecular weight is 464 g/mol. The zero-order chi connectivity index (χ0) is 17.8. The largest absolute Gasteiger partial charge is 0.494 e. The summed E-state index contributed by atoms with van der Waals surface area (Å²) in [7, 11) is 5.08. The Morgan fingerprint density at radius 3 is 2.60 bits per heavy atom. The van der Waals surface area contributed by atoms with Gasteiger partial charge >= 0.3 is 0 Å². The fraction of sp³-hybridized carbons (Fsp3) is 0.529. The minimum atomic E-state index is -0.0223. The van der Waals surface area contributed by atoms with Crippen LogP contribution in [0.1, 0.15) is 12.5 Å².